The number of anilines is 2. The van der Waals surface area contributed by atoms with E-state index in [2.05, 4.69) is 56.3 Å². The highest BCUT2D eigenvalue weighted by atomic mass is 16.5. The van der Waals surface area contributed by atoms with Crippen LogP contribution in [0.4, 0.5) is 11.6 Å². The number of hydrogen-bond acceptors (Lipinski definition) is 7. The summed E-state index contributed by atoms with van der Waals surface area (Å²) in [5.74, 6) is 0.656. The monoisotopic (exact) mass is 405 g/mol. The molecule has 8 nitrogen and oxygen atoms in total. The molecule has 0 fully saturated rings. The average molecular weight is 406 g/mol. The number of aromatic nitrogens is 5. The highest BCUT2D eigenvalue weighted by Gasteiger charge is 2.32. The molecular weight excluding hydrogens is 378 g/mol. The van der Waals surface area contributed by atoms with Crippen LogP contribution in [0.5, 0.6) is 0 Å². The zero-order valence-electron chi connectivity index (χ0n) is 17.7. The number of ether oxygens (including phenoxy) is 1. The second-order valence-corrected chi connectivity index (χ2v) is 8.20. The molecule has 0 radical (unpaired) electrons. The van der Waals surface area contributed by atoms with Crippen LogP contribution in [0.1, 0.15) is 46.7 Å². The van der Waals surface area contributed by atoms with Gasteiger partial charge in [-0.2, -0.15) is 4.80 Å². The molecule has 0 saturated heterocycles. The maximum atomic E-state index is 5.80. The van der Waals surface area contributed by atoms with E-state index in [-0.39, 0.29) is 6.04 Å². The summed E-state index contributed by atoms with van der Waals surface area (Å²) in [7, 11) is 3.87. The SMILES string of the molecule is Cc1c2c(cc3c1N(Cc1cccnc1)CCCC3N(C)c1nnn(C)n1)COC2. The molecule has 4 heterocycles. The Balaban J connectivity index is 1.60. The number of fused-ring (bicyclic) bond motifs is 2. The van der Waals surface area contributed by atoms with Gasteiger partial charge in [0.2, 0.25) is 0 Å². The van der Waals surface area contributed by atoms with Gasteiger partial charge in [0.25, 0.3) is 5.95 Å². The van der Waals surface area contributed by atoms with Crippen molar-refractivity contribution < 1.29 is 4.74 Å². The van der Waals surface area contributed by atoms with E-state index in [1.54, 1.807) is 7.05 Å². The van der Waals surface area contributed by atoms with E-state index < -0.39 is 0 Å². The zero-order valence-corrected chi connectivity index (χ0v) is 17.7. The van der Waals surface area contributed by atoms with Crippen molar-refractivity contribution in [2.75, 3.05) is 23.4 Å². The summed E-state index contributed by atoms with van der Waals surface area (Å²) in [6, 6.07) is 6.70. The van der Waals surface area contributed by atoms with Gasteiger partial charge in [0.15, 0.2) is 0 Å². The first-order chi connectivity index (χ1) is 14.6. The van der Waals surface area contributed by atoms with Crippen LogP contribution in [0.2, 0.25) is 0 Å². The third-order valence-corrected chi connectivity index (χ3v) is 6.26. The Morgan fingerprint density at radius 3 is 2.97 bits per heavy atom. The Labute approximate surface area is 176 Å². The fourth-order valence-electron chi connectivity index (χ4n) is 4.78. The molecule has 0 saturated carbocycles. The van der Waals surface area contributed by atoms with Gasteiger partial charge in [-0.1, -0.05) is 11.2 Å². The molecule has 2 aromatic heterocycles. The second-order valence-electron chi connectivity index (χ2n) is 8.20. The van der Waals surface area contributed by atoms with Crippen molar-refractivity contribution in [3.63, 3.8) is 0 Å². The molecule has 1 atom stereocenters. The minimum absolute atomic E-state index is 0.188. The highest BCUT2D eigenvalue weighted by molar-refractivity contribution is 5.67. The van der Waals surface area contributed by atoms with E-state index >= 15 is 0 Å². The van der Waals surface area contributed by atoms with Crippen molar-refractivity contribution in [3.8, 4) is 0 Å². The third-order valence-electron chi connectivity index (χ3n) is 6.26. The Morgan fingerprint density at radius 1 is 1.30 bits per heavy atom. The lowest BCUT2D eigenvalue weighted by molar-refractivity contribution is 0.134. The quantitative estimate of drug-likeness (QED) is 0.661. The predicted molar refractivity (Wildman–Crippen MR) is 114 cm³/mol. The van der Waals surface area contributed by atoms with Crippen LogP contribution in [-0.4, -0.2) is 38.8 Å². The predicted octanol–water partition coefficient (Wildman–Crippen LogP) is 2.92. The van der Waals surface area contributed by atoms with E-state index in [0.717, 1.165) is 25.9 Å². The van der Waals surface area contributed by atoms with Crippen molar-refractivity contribution in [1.82, 2.24) is 25.2 Å². The molecule has 1 aromatic carbocycles. The van der Waals surface area contributed by atoms with Gasteiger partial charge in [-0.15, -0.1) is 5.10 Å². The summed E-state index contributed by atoms with van der Waals surface area (Å²) >= 11 is 0. The summed E-state index contributed by atoms with van der Waals surface area (Å²) in [6.07, 6.45) is 5.91. The Morgan fingerprint density at radius 2 is 2.20 bits per heavy atom. The van der Waals surface area contributed by atoms with Gasteiger partial charge in [0.1, 0.15) is 0 Å². The average Bonchev–Trinajstić information content (AvgIpc) is 3.36. The zero-order chi connectivity index (χ0) is 20.7. The first kappa shape index (κ1) is 19.0. The fraction of sp³-hybridized carbons (Fsp3) is 0.455. The summed E-state index contributed by atoms with van der Waals surface area (Å²) < 4.78 is 5.80. The molecule has 8 heteroatoms. The largest absolute Gasteiger partial charge is 0.372 e. The lowest BCUT2D eigenvalue weighted by atomic mass is 9.92. The van der Waals surface area contributed by atoms with Gasteiger partial charge in [-0.25, -0.2) is 0 Å². The second kappa shape index (κ2) is 7.68. The summed E-state index contributed by atoms with van der Waals surface area (Å²) in [5.41, 5.74) is 7.85. The summed E-state index contributed by atoms with van der Waals surface area (Å²) in [4.78, 5) is 10.5. The molecule has 2 aliphatic heterocycles. The van der Waals surface area contributed by atoms with Crippen molar-refractivity contribution in [1.29, 1.82) is 0 Å². The first-order valence-corrected chi connectivity index (χ1v) is 10.5. The van der Waals surface area contributed by atoms with Crippen molar-refractivity contribution >= 4 is 11.6 Å². The Bertz CT molecular complexity index is 1050. The lowest BCUT2D eigenvalue weighted by Gasteiger charge is -2.31. The van der Waals surface area contributed by atoms with Crippen LogP contribution in [0.25, 0.3) is 0 Å². The molecule has 5 rings (SSSR count). The molecule has 0 spiro atoms. The van der Waals surface area contributed by atoms with Crippen LogP contribution >= 0.6 is 0 Å². The van der Waals surface area contributed by atoms with Crippen LogP contribution in [0.15, 0.2) is 30.6 Å². The van der Waals surface area contributed by atoms with Gasteiger partial charge >= 0.3 is 0 Å². The van der Waals surface area contributed by atoms with E-state index in [9.17, 15) is 0 Å². The topological polar surface area (TPSA) is 72.2 Å². The molecule has 0 aliphatic carbocycles. The highest BCUT2D eigenvalue weighted by Crippen LogP contribution is 2.43. The number of benzene rings is 1. The molecule has 2 aliphatic rings. The molecular formula is C22H27N7O. The first-order valence-electron chi connectivity index (χ1n) is 10.5. The van der Waals surface area contributed by atoms with Crippen LogP contribution in [0.3, 0.4) is 0 Å². The number of hydrogen-bond donors (Lipinski definition) is 0. The molecule has 3 aromatic rings. The van der Waals surface area contributed by atoms with Crippen LogP contribution in [-0.2, 0) is 31.5 Å². The van der Waals surface area contributed by atoms with Crippen LogP contribution < -0.4 is 9.80 Å². The van der Waals surface area contributed by atoms with Gasteiger partial charge in [-0.05, 0) is 64.9 Å². The number of pyridine rings is 1. The number of aryl methyl sites for hydroxylation is 1. The summed E-state index contributed by atoms with van der Waals surface area (Å²) in [6.45, 7) is 5.47. The van der Waals surface area contributed by atoms with Gasteiger partial charge in [-0.3, -0.25) is 4.98 Å². The Hall–Kier alpha value is -3.00. The normalized spacial score (nSPS) is 18.1. The van der Waals surface area contributed by atoms with Crippen molar-refractivity contribution in [2.24, 2.45) is 7.05 Å². The Kier molecular flexibility index (Phi) is 4.86. The maximum absolute atomic E-state index is 5.80. The van der Waals surface area contributed by atoms with Crippen molar-refractivity contribution in [2.45, 2.75) is 45.6 Å². The van der Waals surface area contributed by atoms with E-state index in [1.165, 1.54) is 38.3 Å². The van der Waals surface area contributed by atoms with E-state index in [1.807, 2.05) is 18.5 Å². The molecule has 0 amide bonds. The molecule has 1 unspecified atom stereocenters. The van der Waals surface area contributed by atoms with Gasteiger partial charge < -0.3 is 14.5 Å². The molecule has 156 valence electrons. The standard InChI is InChI=1S/C22H27N7O/c1-15-19-14-30-13-17(19)10-18-20(27(2)22-24-26-28(3)25-22)7-5-9-29(21(15)18)12-16-6-4-8-23-11-16/h4,6,8,10-11,20H,5,7,9,12-14H2,1-3H3. The molecule has 0 bridgehead atoms. The fourth-order valence-corrected chi connectivity index (χ4v) is 4.78. The van der Waals surface area contributed by atoms with Gasteiger partial charge in [0.05, 0.1) is 26.3 Å². The minimum atomic E-state index is 0.188. The molecule has 0 N–H and O–H groups in total. The smallest absolute Gasteiger partial charge is 0.266 e. The number of tetrazole rings is 1. The van der Waals surface area contributed by atoms with E-state index in [4.69, 9.17) is 4.74 Å². The van der Waals surface area contributed by atoms with Gasteiger partial charge in [0, 0.05) is 38.2 Å². The minimum Gasteiger partial charge on any atom is -0.372 e. The third kappa shape index (κ3) is 3.31. The number of rotatable bonds is 4. The molecule has 30 heavy (non-hydrogen) atoms. The van der Waals surface area contributed by atoms with Crippen molar-refractivity contribution in [3.05, 3.63) is 58.4 Å². The lowest BCUT2D eigenvalue weighted by Crippen LogP contribution is -2.27. The number of nitrogens with zero attached hydrogens (tertiary/aromatic N) is 7. The maximum Gasteiger partial charge on any atom is 0.266 e. The van der Waals surface area contributed by atoms with E-state index in [0.29, 0.717) is 19.2 Å². The summed E-state index contributed by atoms with van der Waals surface area (Å²) in [5, 5.41) is 12.7. The van der Waals surface area contributed by atoms with Crippen LogP contribution in [0, 0.1) is 6.92 Å².